The number of anilines is 1. The Morgan fingerprint density at radius 1 is 1.27 bits per heavy atom. The van der Waals surface area contributed by atoms with Crippen molar-refractivity contribution >= 4 is 11.7 Å². The molecule has 1 heterocycles. The van der Waals surface area contributed by atoms with Gasteiger partial charge in [0.1, 0.15) is 0 Å². The summed E-state index contributed by atoms with van der Waals surface area (Å²) in [5, 5.41) is 0. The monoisotopic (exact) mass is 357 g/mol. The zero-order valence-electron chi connectivity index (χ0n) is 16.8. The number of nitrogens with zero attached hydrogens (tertiary/aromatic N) is 1. The van der Waals surface area contributed by atoms with Crippen LogP contribution in [0.2, 0.25) is 0 Å². The molecule has 0 amide bonds. The van der Waals surface area contributed by atoms with Crippen molar-refractivity contribution in [2.24, 2.45) is 23.2 Å². The first-order chi connectivity index (χ1) is 12.3. The molecular formula is C22H31NO3. The number of ether oxygens (including phenoxy) is 2. The molecule has 3 rings (SSSR count). The number of carbonyl (C=O) groups is 1. The average Bonchev–Trinajstić information content (AvgIpc) is 2.59. The Bertz CT molecular complexity index is 694. The van der Waals surface area contributed by atoms with Crippen LogP contribution < -0.4 is 4.90 Å². The van der Waals surface area contributed by atoms with E-state index in [0.717, 1.165) is 0 Å². The second kappa shape index (κ2) is 7.07. The summed E-state index contributed by atoms with van der Waals surface area (Å²) in [7, 11) is 4.10. The molecule has 0 radical (unpaired) electrons. The first-order valence-corrected chi connectivity index (χ1v) is 9.47. The summed E-state index contributed by atoms with van der Waals surface area (Å²) < 4.78 is 11.9. The Morgan fingerprint density at radius 2 is 1.92 bits per heavy atom. The van der Waals surface area contributed by atoms with Gasteiger partial charge in [-0.2, -0.15) is 0 Å². The van der Waals surface area contributed by atoms with Crippen molar-refractivity contribution in [2.75, 3.05) is 32.2 Å². The fraction of sp³-hybridized carbons (Fsp3) is 0.591. The molecule has 1 aliphatic carbocycles. The van der Waals surface area contributed by atoms with Gasteiger partial charge in [-0.05, 0) is 36.5 Å². The van der Waals surface area contributed by atoms with Gasteiger partial charge in [-0.25, -0.2) is 0 Å². The van der Waals surface area contributed by atoms with Crippen LogP contribution in [0.15, 0.2) is 35.9 Å². The van der Waals surface area contributed by atoms with Gasteiger partial charge in [0.2, 0.25) is 0 Å². The van der Waals surface area contributed by atoms with Gasteiger partial charge in [0, 0.05) is 38.0 Å². The highest BCUT2D eigenvalue weighted by atomic mass is 16.5. The van der Waals surface area contributed by atoms with Crippen LogP contribution in [-0.2, 0) is 14.3 Å². The van der Waals surface area contributed by atoms with Gasteiger partial charge in [-0.1, -0.05) is 37.6 Å². The van der Waals surface area contributed by atoms with Crippen LogP contribution in [0.4, 0.5) is 5.69 Å². The highest BCUT2D eigenvalue weighted by Gasteiger charge is 2.54. The molecule has 0 unspecified atom stereocenters. The lowest BCUT2D eigenvalue weighted by atomic mass is 9.56. The molecular weight excluding hydrogens is 326 g/mol. The number of fused-ring (bicyclic) bond motifs is 2. The molecule has 4 nitrogen and oxygen atoms in total. The number of esters is 1. The normalized spacial score (nSPS) is 33.4. The minimum absolute atomic E-state index is 0.0513. The lowest BCUT2D eigenvalue weighted by Crippen LogP contribution is -2.54. The first kappa shape index (κ1) is 19.0. The largest absolute Gasteiger partial charge is 0.465 e. The predicted octanol–water partition coefficient (Wildman–Crippen LogP) is 4.22. The molecule has 0 N–H and O–H groups in total. The van der Waals surface area contributed by atoms with Crippen molar-refractivity contribution in [3.63, 3.8) is 0 Å². The van der Waals surface area contributed by atoms with Crippen LogP contribution in [0.25, 0.3) is 0 Å². The van der Waals surface area contributed by atoms with E-state index in [1.54, 1.807) is 0 Å². The van der Waals surface area contributed by atoms with Crippen molar-refractivity contribution in [1.29, 1.82) is 0 Å². The van der Waals surface area contributed by atoms with Crippen LogP contribution >= 0.6 is 0 Å². The maximum absolute atomic E-state index is 11.4. The van der Waals surface area contributed by atoms with E-state index in [0.29, 0.717) is 31.0 Å². The molecule has 1 aliphatic heterocycles. The first-order valence-electron chi connectivity index (χ1n) is 9.47. The Kier molecular flexibility index (Phi) is 5.16. The molecule has 2 aliphatic rings. The highest BCUT2D eigenvalue weighted by molar-refractivity contribution is 5.66. The molecule has 4 heteroatoms. The topological polar surface area (TPSA) is 38.8 Å². The summed E-state index contributed by atoms with van der Waals surface area (Å²) in [5.41, 5.74) is 3.64. The fourth-order valence-electron chi connectivity index (χ4n) is 4.76. The molecule has 0 spiro atoms. The van der Waals surface area contributed by atoms with Gasteiger partial charge in [-0.15, -0.1) is 0 Å². The lowest BCUT2D eigenvalue weighted by molar-refractivity contribution is -0.180. The van der Waals surface area contributed by atoms with Crippen molar-refractivity contribution in [1.82, 2.24) is 0 Å². The van der Waals surface area contributed by atoms with Crippen LogP contribution in [0.1, 0.15) is 39.4 Å². The van der Waals surface area contributed by atoms with E-state index in [1.165, 1.54) is 23.7 Å². The molecule has 142 valence electrons. The SMILES string of the molecule is CC(=O)OC[C@@]12CO[C@H](c3ccc(N(C)C)cc3)[C@H](C(C)=C[C@H]1C)[C@@H]2C. The van der Waals surface area contributed by atoms with E-state index in [1.807, 2.05) is 14.1 Å². The van der Waals surface area contributed by atoms with E-state index >= 15 is 0 Å². The third-order valence-corrected chi connectivity index (χ3v) is 6.53. The van der Waals surface area contributed by atoms with E-state index in [4.69, 9.17) is 9.47 Å². The molecule has 0 aromatic heterocycles. The van der Waals surface area contributed by atoms with E-state index in [-0.39, 0.29) is 17.5 Å². The highest BCUT2D eigenvalue weighted by Crippen LogP contribution is 2.56. The maximum Gasteiger partial charge on any atom is 0.302 e. The van der Waals surface area contributed by atoms with Gasteiger partial charge in [-0.3, -0.25) is 4.79 Å². The second-order valence-corrected chi connectivity index (χ2v) is 8.24. The van der Waals surface area contributed by atoms with Gasteiger partial charge < -0.3 is 14.4 Å². The van der Waals surface area contributed by atoms with Crippen molar-refractivity contribution < 1.29 is 14.3 Å². The molecule has 1 aromatic rings. The predicted molar refractivity (Wildman–Crippen MR) is 104 cm³/mol. The summed E-state index contributed by atoms with van der Waals surface area (Å²) in [4.78, 5) is 13.5. The molecule has 1 fully saturated rings. The third kappa shape index (κ3) is 3.16. The minimum Gasteiger partial charge on any atom is -0.465 e. The number of carbonyl (C=O) groups excluding carboxylic acids is 1. The van der Waals surface area contributed by atoms with E-state index in [9.17, 15) is 4.79 Å². The van der Waals surface area contributed by atoms with Crippen LogP contribution in [0.3, 0.4) is 0 Å². The Balaban J connectivity index is 1.91. The average molecular weight is 357 g/mol. The van der Waals surface area contributed by atoms with Crippen molar-refractivity contribution in [2.45, 2.75) is 33.8 Å². The van der Waals surface area contributed by atoms with Gasteiger partial charge in [0.25, 0.3) is 0 Å². The second-order valence-electron chi connectivity index (χ2n) is 8.24. The molecule has 0 saturated carbocycles. The number of hydrogen-bond donors (Lipinski definition) is 0. The van der Waals surface area contributed by atoms with Crippen molar-refractivity contribution in [3.8, 4) is 0 Å². The molecule has 26 heavy (non-hydrogen) atoms. The quantitative estimate of drug-likeness (QED) is 0.597. The van der Waals surface area contributed by atoms with Crippen LogP contribution in [0, 0.1) is 23.2 Å². The van der Waals surface area contributed by atoms with Crippen LogP contribution in [-0.4, -0.2) is 33.3 Å². The molecule has 1 saturated heterocycles. The summed E-state index contributed by atoms with van der Waals surface area (Å²) in [5.74, 6) is 0.794. The standard InChI is InChI=1S/C22H31NO3/c1-14-11-15(2)22(12-25-17(4)24)13-26-21(20(14)16(22)3)18-7-9-19(10-8-18)23(5)6/h7-11,15-16,20-21H,12-13H2,1-6H3/t15-,16+,20-,21-,22-/m1/s1. The summed E-state index contributed by atoms with van der Waals surface area (Å²) in [6.07, 6.45) is 2.41. The maximum atomic E-state index is 11.4. The van der Waals surface area contributed by atoms with Gasteiger partial charge in [0.15, 0.2) is 0 Å². The lowest BCUT2D eigenvalue weighted by Gasteiger charge is -2.55. The number of allylic oxidation sites excluding steroid dienone is 1. The minimum atomic E-state index is -0.219. The zero-order chi connectivity index (χ0) is 19.1. The Hall–Kier alpha value is -1.81. The summed E-state index contributed by atoms with van der Waals surface area (Å²) in [6.45, 7) is 9.25. The zero-order valence-corrected chi connectivity index (χ0v) is 16.8. The molecule has 5 atom stereocenters. The van der Waals surface area contributed by atoms with E-state index in [2.05, 4.69) is 56.0 Å². The van der Waals surface area contributed by atoms with Gasteiger partial charge >= 0.3 is 5.97 Å². The number of benzene rings is 1. The molecule has 2 bridgehead atoms. The smallest absolute Gasteiger partial charge is 0.302 e. The van der Waals surface area contributed by atoms with E-state index < -0.39 is 0 Å². The molecule has 1 aromatic carbocycles. The fourth-order valence-corrected chi connectivity index (χ4v) is 4.76. The number of hydrogen-bond acceptors (Lipinski definition) is 4. The van der Waals surface area contributed by atoms with Crippen molar-refractivity contribution in [3.05, 3.63) is 41.5 Å². The Labute approximate surface area is 157 Å². The van der Waals surface area contributed by atoms with Gasteiger partial charge in [0.05, 0.1) is 19.3 Å². The third-order valence-electron chi connectivity index (χ3n) is 6.53. The summed E-state index contributed by atoms with van der Waals surface area (Å²) in [6, 6.07) is 8.65. The summed E-state index contributed by atoms with van der Waals surface area (Å²) >= 11 is 0. The van der Waals surface area contributed by atoms with Crippen LogP contribution in [0.5, 0.6) is 0 Å². The number of rotatable bonds is 4. The Morgan fingerprint density at radius 3 is 2.50 bits per heavy atom.